The summed E-state index contributed by atoms with van der Waals surface area (Å²) in [4.78, 5) is 21.6. The molecule has 1 N–H and O–H groups in total. The van der Waals surface area contributed by atoms with E-state index in [1.54, 1.807) is 18.2 Å². The Morgan fingerprint density at radius 2 is 1.76 bits per heavy atom. The van der Waals surface area contributed by atoms with Crippen molar-refractivity contribution in [2.75, 3.05) is 21.2 Å². The van der Waals surface area contributed by atoms with E-state index in [0.29, 0.717) is 28.7 Å². The average molecular weight is 466 g/mol. The molecule has 2 rings (SSSR count). The molecule has 0 bridgehead atoms. The standard InChI is InChI=1S/C22H23F3N2O3.C2H7N/c1-14(2)21(16-8-6-9-17(11-16)22(23,24)25)27-30-13-19-15(3)7-5-10-18(19)20(12-28)26-29-4;1-3-2/h5-12,14H,13H2,1-4H3;3H,1-2H3/b26-20-,27-21+;. The van der Waals surface area contributed by atoms with E-state index in [0.717, 1.165) is 17.7 Å². The highest BCUT2D eigenvalue weighted by atomic mass is 19.4. The van der Waals surface area contributed by atoms with Gasteiger partial charge in [-0.15, -0.1) is 0 Å². The predicted octanol–water partition coefficient (Wildman–Crippen LogP) is 4.98. The molecular formula is C24H30F3N3O3. The SMILES string of the molecule is CNC.CO/N=C(/C=O)c1cccc(C)c1CO/N=C(/c1cccc(C(F)(F)F)c1)C(C)C. The molecular weight excluding hydrogens is 435 g/mol. The third kappa shape index (κ3) is 8.34. The van der Waals surface area contributed by atoms with Gasteiger partial charge in [0.15, 0.2) is 6.29 Å². The van der Waals surface area contributed by atoms with Crippen molar-refractivity contribution in [3.63, 3.8) is 0 Å². The summed E-state index contributed by atoms with van der Waals surface area (Å²) in [5, 5.41) is 10.6. The molecule has 0 saturated heterocycles. The van der Waals surface area contributed by atoms with E-state index in [4.69, 9.17) is 9.68 Å². The van der Waals surface area contributed by atoms with Gasteiger partial charge in [-0.2, -0.15) is 13.2 Å². The Morgan fingerprint density at radius 3 is 2.30 bits per heavy atom. The molecule has 2 aromatic rings. The number of oxime groups is 2. The molecule has 180 valence electrons. The van der Waals surface area contributed by atoms with Gasteiger partial charge in [0, 0.05) is 16.7 Å². The van der Waals surface area contributed by atoms with Crippen molar-refractivity contribution in [1.82, 2.24) is 5.32 Å². The summed E-state index contributed by atoms with van der Waals surface area (Å²) >= 11 is 0. The lowest BCUT2D eigenvalue weighted by Gasteiger charge is -2.14. The van der Waals surface area contributed by atoms with Gasteiger partial charge < -0.3 is 15.0 Å². The van der Waals surface area contributed by atoms with Crippen LogP contribution < -0.4 is 5.32 Å². The molecule has 0 aromatic heterocycles. The first-order chi connectivity index (χ1) is 15.6. The zero-order chi connectivity index (χ0) is 25.0. The van der Waals surface area contributed by atoms with E-state index in [-0.39, 0.29) is 18.2 Å². The van der Waals surface area contributed by atoms with Gasteiger partial charge in [-0.05, 0) is 44.6 Å². The molecule has 0 saturated carbocycles. The smallest absolute Gasteiger partial charge is 0.399 e. The third-order valence-corrected chi connectivity index (χ3v) is 4.39. The second kappa shape index (κ2) is 13.4. The minimum atomic E-state index is -4.44. The molecule has 9 heteroatoms. The normalized spacial score (nSPS) is 12.2. The number of aryl methyl sites for hydroxylation is 1. The molecule has 0 aliphatic heterocycles. The molecule has 2 aromatic carbocycles. The zero-order valence-corrected chi connectivity index (χ0v) is 19.7. The van der Waals surface area contributed by atoms with E-state index < -0.39 is 11.7 Å². The number of carbonyl (C=O) groups is 1. The van der Waals surface area contributed by atoms with E-state index in [2.05, 4.69) is 15.6 Å². The maximum atomic E-state index is 13.0. The van der Waals surface area contributed by atoms with Crippen molar-refractivity contribution in [3.8, 4) is 0 Å². The fourth-order valence-corrected chi connectivity index (χ4v) is 2.88. The van der Waals surface area contributed by atoms with Crippen molar-refractivity contribution in [2.24, 2.45) is 16.2 Å². The summed E-state index contributed by atoms with van der Waals surface area (Å²) < 4.78 is 39.1. The number of rotatable bonds is 8. The van der Waals surface area contributed by atoms with Crippen LogP contribution in [0, 0.1) is 12.8 Å². The van der Waals surface area contributed by atoms with Crippen LogP contribution in [0.15, 0.2) is 52.8 Å². The highest BCUT2D eigenvalue weighted by Gasteiger charge is 2.31. The molecule has 0 atom stereocenters. The monoisotopic (exact) mass is 465 g/mol. The summed E-state index contributed by atoms with van der Waals surface area (Å²) in [6.07, 6.45) is -3.87. The molecule has 0 aliphatic rings. The molecule has 0 heterocycles. The Labute approximate surface area is 192 Å². The maximum absolute atomic E-state index is 13.0. The molecule has 6 nitrogen and oxygen atoms in total. The third-order valence-electron chi connectivity index (χ3n) is 4.39. The Kier molecular flexibility index (Phi) is 11.3. The highest BCUT2D eigenvalue weighted by Crippen LogP contribution is 2.30. The maximum Gasteiger partial charge on any atom is 0.416 e. The molecule has 0 spiro atoms. The van der Waals surface area contributed by atoms with Crippen LogP contribution in [-0.2, 0) is 27.3 Å². The number of hydrogen-bond acceptors (Lipinski definition) is 6. The first kappa shape index (κ1) is 27.8. The number of hydrogen-bond donors (Lipinski definition) is 1. The van der Waals surface area contributed by atoms with Gasteiger partial charge in [0.05, 0.1) is 11.3 Å². The van der Waals surface area contributed by atoms with Crippen LogP contribution >= 0.6 is 0 Å². The van der Waals surface area contributed by atoms with Gasteiger partial charge in [-0.25, -0.2) is 0 Å². The van der Waals surface area contributed by atoms with Gasteiger partial charge in [0.25, 0.3) is 0 Å². The van der Waals surface area contributed by atoms with Gasteiger partial charge in [0.1, 0.15) is 19.4 Å². The first-order valence-electron chi connectivity index (χ1n) is 10.2. The second-order valence-corrected chi connectivity index (χ2v) is 7.36. The van der Waals surface area contributed by atoms with E-state index in [1.165, 1.54) is 13.2 Å². The van der Waals surface area contributed by atoms with Gasteiger partial charge >= 0.3 is 6.18 Å². The number of carbonyl (C=O) groups excluding carboxylic acids is 1. The van der Waals surface area contributed by atoms with Crippen molar-refractivity contribution in [2.45, 2.75) is 33.6 Å². The molecule has 0 aliphatic carbocycles. The van der Waals surface area contributed by atoms with Gasteiger partial charge in [-0.1, -0.05) is 54.5 Å². The Balaban J connectivity index is 0.00000172. The molecule has 0 radical (unpaired) electrons. The average Bonchev–Trinajstić information content (AvgIpc) is 2.76. The highest BCUT2D eigenvalue weighted by molar-refractivity contribution is 6.36. The minimum Gasteiger partial charge on any atom is -0.399 e. The summed E-state index contributed by atoms with van der Waals surface area (Å²) in [5.74, 6) is -0.176. The quantitative estimate of drug-likeness (QED) is 0.339. The fourth-order valence-electron chi connectivity index (χ4n) is 2.88. The van der Waals surface area contributed by atoms with Crippen LogP contribution in [0.5, 0.6) is 0 Å². The summed E-state index contributed by atoms with van der Waals surface area (Å²) in [6, 6.07) is 10.3. The van der Waals surface area contributed by atoms with Crippen LogP contribution in [0.3, 0.4) is 0 Å². The summed E-state index contributed by atoms with van der Waals surface area (Å²) in [5.41, 5.74) is 2.13. The lowest BCUT2D eigenvalue weighted by molar-refractivity contribution is -0.137. The van der Waals surface area contributed by atoms with E-state index in [9.17, 15) is 18.0 Å². The van der Waals surface area contributed by atoms with Crippen molar-refractivity contribution >= 4 is 17.7 Å². The van der Waals surface area contributed by atoms with Crippen molar-refractivity contribution in [3.05, 3.63) is 70.3 Å². The van der Waals surface area contributed by atoms with Crippen LogP contribution in [0.1, 0.15) is 41.7 Å². The topological polar surface area (TPSA) is 72.3 Å². The minimum absolute atomic E-state index is 0.00770. The van der Waals surface area contributed by atoms with Crippen LogP contribution in [0.4, 0.5) is 13.2 Å². The lowest BCUT2D eigenvalue weighted by atomic mass is 9.98. The Bertz CT molecular complexity index is 971. The largest absolute Gasteiger partial charge is 0.416 e. The first-order valence-corrected chi connectivity index (χ1v) is 10.2. The fraction of sp³-hybridized carbons (Fsp3) is 0.375. The molecule has 33 heavy (non-hydrogen) atoms. The van der Waals surface area contributed by atoms with Gasteiger partial charge in [-0.3, -0.25) is 4.79 Å². The number of halogens is 3. The Morgan fingerprint density at radius 1 is 1.12 bits per heavy atom. The van der Waals surface area contributed by atoms with Gasteiger partial charge in [0.2, 0.25) is 0 Å². The number of nitrogens with one attached hydrogen (secondary N) is 1. The van der Waals surface area contributed by atoms with Crippen molar-refractivity contribution < 1.29 is 27.6 Å². The number of benzene rings is 2. The molecule has 0 amide bonds. The zero-order valence-electron chi connectivity index (χ0n) is 19.7. The van der Waals surface area contributed by atoms with E-state index >= 15 is 0 Å². The van der Waals surface area contributed by atoms with Crippen LogP contribution in [0.25, 0.3) is 0 Å². The molecule has 0 fully saturated rings. The van der Waals surface area contributed by atoms with Crippen LogP contribution in [-0.4, -0.2) is 38.9 Å². The van der Waals surface area contributed by atoms with Crippen LogP contribution in [0.2, 0.25) is 0 Å². The summed E-state index contributed by atoms with van der Waals surface area (Å²) in [7, 11) is 5.09. The second-order valence-electron chi connectivity index (χ2n) is 7.36. The number of aldehydes is 1. The molecule has 0 unspecified atom stereocenters. The van der Waals surface area contributed by atoms with E-state index in [1.807, 2.05) is 40.9 Å². The van der Waals surface area contributed by atoms with Crippen molar-refractivity contribution in [1.29, 1.82) is 0 Å². The number of nitrogens with zero attached hydrogens (tertiary/aromatic N) is 2. The summed E-state index contributed by atoms with van der Waals surface area (Å²) in [6.45, 7) is 5.49. The predicted molar refractivity (Wildman–Crippen MR) is 123 cm³/mol. The lowest BCUT2D eigenvalue weighted by Crippen LogP contribution is -2.13. The number of alkyl halides is 3. The Hall–Kier alpha value is -3.20.